The van der Waals surface area contributed by atoms with E-state index in [1.54, 1.807) is 11.3 Å². The predicted molar refractivity (Wildman–Crippen MR) is 66.4 cm³/mol. The van der Waals surface area contributed by atoms with Gasteiger partial charge in [-0.15, -0.1) is 17.9 Å². The Balaban J connectivity index is 1.98. The van der Waals surface area contributed by atoms with Gasteiger partial charge in [0.05, 0.1) is 13.2 Å². The Morgan fingerprint density at radius 1 is 1.53 bits per heavy atom. The molecule has 0 unspecified atom stereocenters. The third kappa shape index (κ3) is 5.11. The topological polar surface area (TPSA) is 21.3 Å². The van der Waals surface area contributed by atoms with Crippen molar-refractivity contribution in [3.63, 3.8) is 0 Å². The maximum absolute atomic E-state index is 5.39. The van der Waals surface area contributed by atoms with E-state index in [1.807, 2.05) is 6.08 Å². The molecule has 15 heavy (non-hydrogen) atoms. The normalized spacial score (nSPS) is 10.5. The SMILES string of the molecule is C=CCCOCCNCc1sccc1C. The maximum atomic E-state index is 5.39. The van der Waals surface area contributed by atoms with E-state index in [2.05, 4.69) is 30.3 Å². The van der Waals surface area contributed by atoms with Gasteiger partial charge in [0, 0.05) is 18.0 Å². The minimum atomic E-state index is 0.776. The molecule has 0 radical (unpaired) electrons. The van der Waals surface area contributed by atoms with E-state index in [0.717, 1.165) is 32.7 Å². The first-order chi connectivity index (χ1) is 7.34. The standard InChI is InChI=1S/C12H19NOS/c1-3-4-7-14-8-6-13-10-12-11(2)5-9-15-12/h3,5,9,13H,1,4,6-8,10H2,2H3. The van der Waals surface area contributed by atoms with Crippen LogP contribution in [-0.2, 0) is 11.3 Å². The first-order valence-electron chi connectivity index (χ1n) is 5.27. The molecule has 3 heteroatoms. The lowest BCUT2D eigenvalue weighted by atomic mass is 10.3. The zero-order valence-electron chi connectivity index (χ0n) is 9.29. The molecule has 1 aromatic heterocycles. The van der Waals surface area contributed by atoms with Crippen LogP contribution in [0.25, 0.3) is 0 Å². The van der Waals surface area contributed by atoms with Crippen molar-refractivity contribution in [3.8, 4) is 0 Å². The lowest BCUT2D eigenvalue weighted by Gasteiger charge is -2.04. The number of hydrogen-bond acceptors (Lipinski definition) is 3. The van der Waals surface area contributed by atoms with E-state index < -0.39 is 0 Å². The van der Waals surface area contributed by atoms with E-state index in [-0.39, 0.29) is 0 Å². The molecule has 0 spiro atoms. The van der Waals surface area contributed by atoms with Gasteiger partial charge in [-0.25, -0.2) is 0 Å². The monoisotopic (exact) mass is 225 g/mol. The third-order valence-corrected chi connectivity index (χ3v) is 3.17. The zero-order chi connectivity index (χ0) is 10.9. The number of ether oxygens (including phenoxy) is 1. The Kier molecular flexibility index (Phi) is 6.32. The molecule has 2 nitrogen and oxygen atoms in total. The number of nitrogens with one attached hydrogen (secondary N) is 1. The van der Waals surface area contributed by atoms with Crippen molar-refractivity contribution in [2.45, 2.75) is 19.9 Å². The van der Waals surface area contributed by atoms with Gasteiger partial charge < -0.3 is 10.1 Å². The minimum Gasteiger partial charge on any atom is -0.380 e. The average Bonchev–Trinajstić information content (AvgIpc) is 2.63. The van der Waals surface area contributed by atoms with E-state index in [9.17, 15) is 0 Å². The average molecular weight is 225 g/mol. The van der Waals surface area contributed by atoms with Gasteiger partial charge in [-0.1, -0.05) is 6.08 Å². The number of rotatable bonds is 8. The summed E-state index contributed by atoms with van der Waals surface area (Å²) >= 11 is 1.80. The molecule has 0 fully saturated rings. The fourth-order valence-electron chi connectivity index (χ4n) is 1.20. The van der Waals surface area contributed by atoms with Crippen LogP contribution in [0.3, 0.4) is 0 Å². The molecule has 0 atom stereocenters. The number of aryl methyl sites for hydroxylation is 1. The van der Waals surface area contributed by atoms with Crippen LogP contribution in [0.1, 0.15) is 16.9 Å². The highest BCUT2D eigenvalue weighted by Gasteiger charge is 1.97. The smallest absolute Gasteiger partial charge is 0.0591 e. The number of thiophene rings is 1. The van der Waals surface area contributed by atoms with Gasteiger partial charge in [-0.05, 0) is 30.4 Å². The van der Waals surface area contributed by atoms with Crippen molar-refractivity contribution in [1.82, 2.24) is 5.32 Å². The maximum Gasteiger partial charge on any atom is 0.0591 e. The van der Waals surface area contributed by atoms with Crippen LogP contribution in [0.4, 0.5) is 0 Å². The Bertz CT molecular complexity index is 283. The van der Waals surface area contributed by atoms with Gasteiger partial charge in [0.15, 0.2) is 0 Å². The van der Waals surface area contributed by atoms with Gasteiger partial charge in [0.2, 0.25) is 0 Å². The van der Waals surface area contributed by atoms with Crippen LogP contribution in [0.15, 0.2) is 24.1 Å². The Morgan fingerprint density at radius 2 is 2.40 bits per heavy atom. The summed E-state index contributed by atoms with van der Waals surface area (Å²) in [6, 6.07) is 2.16. The lowest BCUT2D eigenvalue weighted by Crippen LogP contribution is -2.19. The third-order valence-electron chi connectivity index (χ3n) is 2.14. The first kappa shape index (κ1) is 12.4. The molecule has 0 aliphatic heterocycles. The minimum absolute atomic E-state index is 0.776. The summed E-state index contributed by atoms with van der Waals surface area (Å²) < 4.78 is 5.39. The van der Waals surface area contributed by atoms with E-state index >= 15 is 0 Å². The molecule has 0 aromatic carbocycles. The molecule has 0 aliphatic rings. The highest BCUT2D eigenvalue weighted by molar-refractivity contribution is 7.10. The zero-order valence-corrected chi connectivity index (χ0v) is 10.1. The summed E-state index contributed by atoms with van der Waals surface area (Å²) in [5.41, 5.74) is 1.38. The highest BCUT2D eigenvalue weighted by Crippen LogP contribution is 2.14. The Morgan fingerprint density at radius 3 is 3.07 bits per heavy atom. The van der Waals surface area contributed by atoms with Gasteiger partial charge in [0.1, 0.15) is 0 Å². The van der Waals surface area contributed by atoms with Gasteiger partial charge in [0.25, 0.3) is 0 Å². The molecule has 0 bridgehead atoms. The van der Waals surface area contributed by atoms with Crippen molar-refractivity contribution in [1.29, 1.82) is 0 Å². The summed E-state index contributed by atoms with van der Waals surface area (Å²) in [6.07, 6.45) is 2.81. The molecule has 84 valence electrons. The molecule has 0 amide bonds. The van der Waals surface area contributed by atoms with E-state index in [0.29, 0.717) is 0 Å². The van der Waals surface area contributed by atoms with Crippen LogP contribution in [-0.4, -0.2) is 19.8 Å². The second kappa shape index (κ2) is 7.63. The van der Waals surface area contributed by atoms with Crippen molar-refractivity contribution in [2.24, 2.45) is 0 Å². The summed E-state index contributed by atoms with van der Waals surface area (Å²) in [5, 5.41) is 5.50. The second-order valence-electron chi connectivity index (χ2n) is 3.39. The van der Waals surface area contributed by atoms with Crippen molar-refractivity contribution < 1.29 is 4.74 Å². The van der Waals surface area contributed by atoms with E-state index in [4.69, 9.17) is 4.74 Å². The number of hydrogen-bond donors (Lipinski definition) is 1. The molecule has 1 aromatic rings. The van der Waals surface area contributed by atoms with Crippen LogP contribution in [0, 0.1) is 6.92 Å². The van der Waals surface area contributed by atoms with Crippen molar-refractivity contribution in [3.05, 3.63) is 34.5 Å². The van der Waals surface area contributed by atoms with Crippen LogP contribution >= 0.6 is 11.3 Å². The quantitative estimate of drug-likeness (QED) is 0.542. The fourth-order valence-corrected chi connectivity index (χ4v) is 2.08. The molecular formula is C12H19NOS. The van der Waals surface area contributed by atoms with Crippen LogP contribution in [0.2, 0.25) is 0 Å². The van der Waals surface area contributed by atoms with Gasteiger partial charge in [-0.3, -0.25) is 0 Å². The first-order valence-corrected chi connectivity index (χ1v) is 6.15. The van der Waals surface area contributed by atoms with Crippen LogP contribution in [0.5, 0.6) is 0 Å². The predicted octanol–water partition coefficient (Wildman–Crippen LogP) is 2.74. The van der Waals surface area contributed by atoms with Crippen LogP contribution < -0.4 is 5.32 Å². The van der Waals surface area contributed by atoms with Gasteiger partial charge in [-0.2, -0.15) is 0 Å². The molecule has 0 saturated carbocycles. The fraction of sp³-hybridized carbons (Fsp3) is 0.500. The molecule has 0 aliphatic carbocycles. The summed E-state index contributed by atoms with van der Waals surface area (Å²) in [6.45, 7) is 9.21. The summed E-state index contributed by atoms with van der Waals surface area (Å²) in [4.78, 5) is 1.42. The Labute approximate surface area is 96.0 Å². The second-order valence-corrected chi connectivity index (χ2v) is 4.39. The summed E-state index contributed by atoms with van der Waals surface area (Å²) in [5.74, 6) is 0. The summed E-state index contributed by atoms with van der Waals surface area (Å²) in [7, 11) is 0. The molecule has 1 N–H and O–H groups in total. The molecular weight excluding hydrogens is 206 g/mol. The Hall–Kier alpha value is -0.640. The molecule has 0 saturated heterocycles. The van der Waals surface area contributed by atoms with Gasteiger partial charge >= 0.3 is 0 Å². The molecule has 1 rings (SSSR count). The van der Waals surface area contributed by atoms with Crippen molar-refractivity contribution in [2.75, 3.05) is 19.8 Å². The molecule has 1 heterocycles. The lowest BCUT2D eigenvalue weighted by molar-refractivity contribution is 0.140. The highest BCUT2D eigenvalue weighted by atomic mass is 32.1. The van der Waals surface area contributed by atoms with Crippen molar-refractivity contribution >= 4 is 11.3 Å². The largest absolute Gasteiger partial charge is 0.380 e. The van der Waals surface area contributed by atoms with E-state index in [1.165, 1.54) is 10.4 Å².